The number of ether oxygens (including phenoxy) is 1. The zero-order chi connectivity index (χ0) is 19.7. The van der Waals surface area contributed by atoms with E-state index in [1.165, 1.54) is 102 Å². The van der Waals surface area contributed by atoms with Crippen LogP contribution in [0.4, 0.5) is 0 Å². The number of rotatable bonds is 19. The van der Waals surface area contributed by atoms with E-state index in [1.807, 2.05) is 6.26 Å². The minimum Gasteiger partial charge on any atom is -0.460 e. The van der Waals surface area contributed by atoms with Crippen LogP contribution in [0, 0.1) is 0 Å². The van der Waals surface area contributed by atoms with Crippen molar-refractivity contribution in [2.75, 3.05) is 6.26 Å². The number of aliphatic hydroxyl groups excluding tert-OH is 1. The molecule has 1 fully saturated rings. The van der Waals surface area contributed by atoms with Crippen molar-refractivity contribution in [1.82, 2.24) is 0 Å². The molecule has 0 amide bonds. The van der Waals surface area contributed by atoms with Crippen molar-refractivity contribution in [1.29, 1.82) is 0 Å². The minimum atomic E-state index is -0.320. The second-order valence-corrected chi connectivity index (χ2v) is 9.24. The maximum atomic E-state index is 11.2. The molecule has 1 N–H and O–H groups in total. The molecule has 0 saturated carbocycles. The average Bonchev–Trinajstić information content (AvgIpc) is 2.64. The Labute approximate surface area is 172 Å². The van der Waals surface area contributed by atoms with Crippen LogP contribution in [0.25, 0.3) is 0 Å². The van der Waals surface area contributed by atoms with Gasteiger partial charge in [0.1, 0.15) is 11.4 Å². The van der Waals surface area contributed by atoms with Crippen molar-refractivity contribution < 1.29 is 14.6 Å². The first-order chi connectivity index (χ1) is 13.2. The minimum absolute atomic E-state index is 0.0549. The third-order valence-electron chi connectivity index (χ3n) is 5.74. The van der Waals surface area contributed by atoms with E-state index in [0.29, 0.717) is 6.42 Å². The first-order valence-corrected chi connectivity index (χ1v) is 12.9. The highest BCUT2D eigenvalue weighted by molar-refractivity contribution is 8.00. The van der Waals surface area contributed by atoms with Gasteiger partial charge in [0.25, 0.3) is 0 Å². The summed E-state index contributed by atoms with van der Waals surface area (Å²) in [4.78, 5) is 11.2. The fourth-order valence-electron chi connectivity index (χ4n) is 3.91. The first-order valence-electron chi connectivity index (χ1n) is 11.6. The van der Waals surface area contributed by atoms with Crippen LogP contribution in [-0.2, 0) is 9.53 Å². The van der Waals surface area contributed by atoms with Gasteiger partial charge in [-0.25, -0.2) is 0 Å². The van der Waals surface area contributed by atoms with Crippen LogP contribution in [0.1, 0.15) is 116 Å². The van der Waals surface area contributed by atoms with Crippen LogP contribution in [0.15, 0.2) is 0 Å². The van der Waals surface area contributed by atoms with Crippen molar-refractivity contribution in [3.8, 4) is 0 Å². The Morgan fingerprint density at radius 1 is 0.852 bits per heavy atom. The predicted octanol–water partition coefficient (Wildman–Crippen LogP) is 6.66. The van der Waals surface area contributed by atoms with Gasteiger partial charge in [-0.15, -0.1) is 11.8 Å². The number of hydrogen-bond donors (Lipinski definition) is 1. The van der Waals surface area contributed by atoms with Gasteiger partial charge in [0, 0.05) is 6.42 Å². The summed E-state index contributed by atoms with van der Waals surface area (Å²) in [6, 6.07) is 0. The fraction of sp³-hybridized carbons (Fsp3) is 0.957. The molecule has 3 nitrogen and oxygen atoms in total. The Balaban J connectivity index is 1.77. The van der Waals surface area contributed by atoms with Crippen molar-refractivity contribution in [2.24, 2.45) is 0 Å². The number of unbranched alkanes of at least 4 members (excludes halogenated alkanes) is 14. The number of esters is 1. The van der Waals surface area contributed by atoms with E-state index in [9.17, 15) is 9.90 Å². The molecule has 0 aliphatic carbocycles. The molecule has 1 rings (SSSR count). The van der Waals surface area contributed by atoms with Crippen LogP contribution in [0.2, 0.25) is 0 Å². The van der Waals surface area contributed by atoms with Crippen LogP contribution < -0.4 is 0 Å². The van der Waals surface area contributed by atoms with Crippen molar-refractivity contribution in [2.45, 2.75) is 134 Å². The van der Waals surface area contributed by atoms with E-state index in [4.69, 9.17) is 4.74 Å². The molecule has 0 unspecified atom stereocenters. The summed E-state index contributed by atoms with van der Waals surface area (Å²) in [6.07, 6.45) is 23.4. The lowest BCUT2D eigenvalue weighted by molar-refractivity contribution is -0.169. The van der Waals surface area contributed by atoms with Gasteiger partial charge in [0.15, 0.2) is 0 Å². The lowest BCUT2D eigenvalue weighted by Gasteiger charge is -2.35. The number of carbonyl (C=O) groups excluding carboxylic acids is 1. The van der Waals surface area contributed by atoms with Gasteiger partial charge in [0.05, 0.1) is 6.10 Å². The predicted molar refractivity (Wildman–Crippen MR) is 117 cm³/mol. The molecular formula is C23H44O3S. The summed E-state index contributed by atoms with van der Waals surface area (Å²) in [5.74, 6) is -0.119. The van der Waals surface area contributed by atoms with E-state index in [2.05, 4.69) is 6.92 Å². The van der Waals surface area contributed by atoms with Crippen LogP contribution in [-0.4, -0.2) is 34.8 Å². The summed E-state index contributed by atoms with van der Waals surface area (Å²) in [7, 11) is 0. The Morgan fingerprint density at radius 2 is 1.30 bits per heavy atom. The van der Waals surface area contributed by atoms with Gasteiger partial charge in [-0.2, -0.15) is 0 Å². The molecule has 1 aliphatic heterocycles. The molecule has 0 aromatic rings. The number of carbonyl (C=O) groups is 1. The Kier molecular flexibility index (Phi) is 15.4. The SMILES string of the molecule is CCCCCCCCCCCCCCCCC[C@H](O)C[C@H]1OC(=O)[C@H]1SC. The van der Waals surface area contributed by atoms with E-state index >= 15 is 0 Å². The number of aliphatic hydroxyl groups is 1. The van der Waals surface area contributed by atoms with Gasteiger partial charge in [0.2, 0.25) is 0 Å². The Bertz CT molecular complexity index is 362. The number of thioether (sulfide) groups is 1. The van der Waals surface area contributed by atoms with Crippen LogP contribution >= 0.6 is 11.8 Å². The van der Waals surface area contributed by atoms with Crippen molar-refractivity contribution in [3.05, 3.63) is 0 Å². The fourth-order valence-corrected chi connectivity index (χ4v) is 4.63. The monoisotopic (exact) mass is 400 g/mol. The lowest BCUT2D eigenvalue weighted by Crippen LogP contribution is -2.49. The second-order valence-electron chi connectivity index (χ2n) is 8.26. The van der Waals surface area contributed by atoms with Gasteiger partial charge in [-0.3, -0.25) is 4.79 Å². The molecule has 1 aliphatic rings. The third-order valence-corrected chi connectivity index (χ3v) is 6.74. The highest BCUT2D eigenvalue weighted by Gasteiger charge is 2.42. The van der Waals surface area contributed by atoms with E-state index in [1.54, 1.807) is 0 Å². The normalized spacial score (nSPS) is 20.3. The number of hydrogen-bond acceptors (Lipinski definition) is 4. The Hall–Kier alpha value is -0.220. The maximum absolute atomic E-state index is 11.2. The zero-order valence-electron chi connectivity index (χ0n) is 17.9. The van der Waals surface area contributed by atoms with Crippen LogP contribution in [0.5, 0.6) is 0 Å². The lowest BCUT2D eigenvalue weighted by atomic mass is 9.99. The van der Waals surface area contributed by atoms with Gasteiger partial charge < -0.3 is 9.84 Å². The zero-order valence-corrected chi connectivity index (χ0v) is 18.7. The maximum Gasteiger partial charge on any atom is 0.323 e. The second kappa shape index (κ2) is 16.7. The topological polar surface area (TPSA) is 46.5 Å². The molecule has 1 heterocycles. The molecule has 1 saturated heterocycles. The molecule has 3 atom stereocenters. The average molecular weight is 401 g/mol. The van der Waals surface area contributed by atoms with Crippen molar-refractivity contribution in [3.63, 3.8) is 0 Å². The molecule has 4 heteroatoms. The van der Waals surface area contributed by atoms with Gasteiger partial charge in [-0.05, 0) is 12.7 Å². The molecule has 0 radical (unpaired) electrons. The summed E-state index contributed by atoms with van der Waals surface area (Å²) >= 11 is 1.53. The highest BCUT2D eigenvalue weighted by atomic mass is 32.2. The van der Waals surface area contributed by atoms with E-state index in [0.717, 1.165) is 12.8 Å². The molecule has 0 bridgehead atoms. The first kappa shape index (κ1) is 24.8. The van der Waals surface area contributed by atoms with Gasteiger partial charge >= 0.3 is 5.97 Å². The molecule has 0 aromatic heterocycles. The molecule has 160 valence electrons. The van der Waals surface area contributed by atoms with E-state index < -0.39 is 0 Å². The number of cyclic esters (lactones) is 1. The molecular weight excluding hydrogens is 356 g/mol. The smallest absolute Gasteiger partial charge is 0.323 e. The summed E-state index contributed by atoms with van der Waals surface area (Å²) in [5.41, 5.74) is 0. The molecule has 0 spiro atoms. The van der Waals surface area contributed by atoms with Gasteiger partial charge in [-0.1, -0.05) is 103 Å². The molecule has 0 aromatic carbocycles. The van der Waals surface area contributed by atoms with E-state index in [-0.39, 0.29) is 23.4 Å². The summed E-state index contributed by atoms with van der Waals surface area (Å²) in [6.45, 7) is 2.28. The van der Waals surface area contributed by atoms with Crippen LogP contribution in [0.3, 0.4) is 0 Å². The summed E-state index contributed by atoms with van der Waals surface area (Å²) < 4.78 is 5.12. The standard InChI is InChI=1S/C23H44O3S/c1-3-4-5-6-7-8-9-10-11-12-13-14-15-16-17-18-20(24)19-21-22(27-2)23(25)26-21/h20-22,24H,3-19H2,1-2H3/t20-,21+,22-/m0/s1. The quantitative estimate of drug-likeness (QED) is 0.195. The molecule has 27 heavy (non-hydrogen) atoms. The Morgan fingerprint density at radius 3 is 1.70 bits per heavy atom. The van der Waals surface area contributed by atoms with Crippen molar-refractivity contribution >= 4 is 17.7 Å². The largest absolute Gasteiger partial charge is 0.460 e. The highest BCUT2D eigenvalue weighted by Crippen LogP contribution is 2.29. The summed E-state index contributed by atoms with van der Waals surface area (Å²) in [5, 5.41) is 10.0. The third kappa shape index (κ3) is 12.1.